The average Bonchev–Trinajstić information content (AvgIpc) is 3.23. The van der Waals surface area contributed by atoms with Crippen LogP contribution in [0.3, 0.4) is 0 Å². The van der Waals surface area contributed by atoms with Crippen molar-refractivity contribution in [3.05, 3.63) is 72.1 Å². The number of benzene rings is 2. The normalized spacial score (nSPS) is 16.0. The lowest BCUT2D eigenvalue weighted by Crippen LogP contribution is -2.47. The van der Waals surface area contributed by atoms with Gasteiger partial charge in [0.2, 0.25) is 0 Å². The molecular weight excluding hydrogens is 557 g/mol. The van der Waals surface area contributed by atoms with Gasteiger partial charge in [0.1, 0.15) is 18.0 Å². The summed E-state index contributed by atoms with van der Waals surface area (Å²) in [6.45, 7) is 8.38. The quantitative estimate of drug-likeness (QED) is 0.182. The first kappa shape index (κ1) is 31.7. The molecule has 0 aliphatic carbocycles. The summed E-state index contributed by atoms with van der Waals surface area (Å²) in [6.07, 6.45) is 2.06. The molecule has 1 saturated heterocycles. The number of imide groups is 1. The van der Waals surface area contributed by atoms with Gasteiger partial charge in [-0.3, -0.25) is 24.2 Å². The lowest BCUT2D eigenvalue weighted by Gasteiger charge is -2.32. The second-order valence-corrected chi connectivity index (χ2v) is 10.5. The van der Waals surface area contributed by atoms with Crippen LogP contribution in [0.5, 0.6) is 0 Å². The van der Waals surface area contributed by atoms with Gasteiger partial charge >= 0.3 is 12.1 Å². The maximum atomic E-state index is 15.5. The molecule has 0 bridgehead atoms. The minimum atomic E-state index is -1.12. The zero-order valence-electron chi connectivity index (χ0n) is 24.6. The summed E-state index contributed by atoms with van der Waals surface area (Å²) < 4.78 is 32.2. The van der Waals surface area contributed by atoms with Gasteiger partial charge < -0.3 is 19.1 Å². The fourth-order valence-electron chi connectivity index (χ4n) is 5.24. The topological polar surface area (TPSA) is 106 Å². The molecule has 0 N–H and O–H groups in total. The number of morpholine rings is 1. The molecule has 2 aliphatic rings. The Kier molecular flexibility index (Phi) is 10.9. The van der Waals surface area contributed by atoms with Crippen LogP contribution in [0.4, 0.5) is 20.6 Å². The Bertz CT molecular complexity index is 1310. The summed E-state index contributed by atoms with van der Waals surface area (Å²) in [5.41, 5.74) is 1.03. The van der Waals surface area contributed by atoms with Crippen LogP contribution in [0.2, 0.25) is 0 Å². The van der Waals surface area contributed by atoms with Crippen LogP contribution >= 0.6 is 0 Å². The zero-order chi connectivity index (χ0) is 30.9. The number of halogens is 1. The molecular formula is C32H38FN3O7. The number of hydrogen-bond acceptors (Lipinski definition) is 8. The molecule has 43 heavy (non-hydrogen) atoms. The van der Waals surface area contributed by atoms with E-state index >= 15 is 4.39 Å². The van der Waals surface area contributed by atoms with Crippen molar-refractivity contribution in [2.75, 3.05) is 49.2 Å². The van der Waals surface area contributed by atoms with E-state index in [1.165, 1.54) is 17.9 Å². The highest BCUT2D eigenvalue weighted by Gasteiger charge is 2.38. The number of rotatable bonds is 13. The fraction of sp³-hybridized carbons (Fsp3) is 0.438. The minimum Gasteiger partial charge on any atom is -0.459 e. The van der Waals surface area contributed by atoms with Gasteiger partial charge in [0.25, 0.3) is 11.8 Å². The van der Waals surface area contributed by atoms with E-state index in [1.54, 1.807) is 42.5 Å². The van der Waals surface area contributed by atoms with Crippen LogP contribution in [0.15, 0.2) is 55.1 Å². The maximum absolute atomic E-state index is 15.5. The predicted octanol–water partition coefficient (Wildman–Crippen LogP) is 4.97. The van der Waals surface area contributed by atoms with Gasteiger partial charge in [-0.15, -0.1) is 6.58 Å². The number of ether oxygens (including phenoxy) is 3. The van der Waals surface area contributed by atoms with Gasteiger partial charge in [0.05, 0.1) is 48.8 Å². The largest absolute Gasteiger partial charge is 0.459 e. The second kappa shape index (κ2) is 14.8. The lowest BCUT2D eigenvalue weighted by atomic mass is 10.1. The molecule has 0 saturated carbocycles. The van der Waals surface area contributed by atoms with Crippen LogP contribution < -0.4 is 9.80 Å². The smallest absolute Gasteiger partial charge is 0.414 e. The van der Waals surface area contributed by atoms with E-state index in [-0.39, 0.29) is 29.9 Å². The lowest BCUT2D eigenvalue weighted by molar-refractivity contribution is -0.146. The van der Waals surface area contributed by atoms with Crippen LogP contribution in [-0.4, -0.2) is 80.4 Å². The molecule has 11 heteroatoms. The third kappa shape index (κ3) is 7.78. The van der Waals surface area contributed by atoms with Gasteiger partial charge in [0, 0.05) is 26.4 Å². The maximum Gasteiger partial charge on any atom is 0.414 e. The summed E-state index contributed by atoms with van der Waals surface area (Å²) in [6, 6.07) is 10.8. The van der Waals surface area contributed by atoms with Gasteiger partial charge in [0.15, 0.2) is 0 Å². The molecule has 2 aromatic carbocycles. The van der Waals surface area contributed by atoms with E-state index in [4.69, 9.17) is 14.2 Å². The molecule has 0 aromatic heterocycles. The van der Waals surface area contributed by atoms with E-state index in [9.17, 15) is 19.2 Å². The zero-order valence-corrected chi connectivity index (χ0v) is 24.6. The molecule has 10 nitrogen and oxygen atoms in total. The first-order valence-corrected chi connectivity index (χ1v) is 14.6. The number of unbranched alkanes of at least 4 members (excludes halogenated alkanes) is 1. The van der Waals surface area contributed by atoms with E-state index < -0.39 is 41.9 Å². The van der Waals surface area contributed by atoms with Crippen LogP contribution in [-0.2, 0) is 19.0 Å². The van der Waals surface area contributed by atoms with Gasteiger partial charge in [-0.05, 0) is 36.8 Å². The van der Waals surface area contributed by atoms with E-state index in [0.717, 1.165) is 17.7 Å². The van der Waals surface area contributed by atoms with E-state index in [1.807, 2.05) is 11.8 Å². The third-order valence-corrected chi connectivity index (χ3v) is 7.38. The monoisotopic (exact) mass is 595 g/mol. The molecule has 0 spiro atoms. The Labute approximate surface area is 251 Å². The molecule has 1 unspecified atom stereocenters. The minimum absolute atomic E-state index is 0.173. The summed E-state index contributed by atoms with van der Waals surface area (Å²) >= 11 is 0. The van der Waals surface area contributed by atoms with Crippen molar-refractivity contribution >= 4 is 35.3 Å². The fourth-order valence-corrected chi connectivity index (χ4v) is 5.24. The average molecular weight is 596 g/mol. The number of amides is 3. The van der Waals surface area contributed by atoms with Crippen molar-refractivity contribution < 1.29 is 37.8 Å². The number of esters is 1. The number of anilines is 2. The number of carbonyl (C=O) groups excluding carboxylic acids is 4. The standard InChI is InChI=1S/C32H38FN3O7/c1-4-6-10-24(9-5-2)43-32(40)35(23-13-14-29(28(33)19-23)34-15-17-41-18-16-34)20-25(42-22(3)37)21-36-30(38)26-11-7-8-12-27(26)31(36)39/h5,7-8,11-14,19,24-25H,2,4,6,9-10,15-18,20-21H2,1,3H3/t24?,25-/m0/s1. The third-order valence-electron chi connectivity index (χ3n) is 7.38. The van der Waals surface area contributed by atoms with Crippen molar-refractivity contribution in [2.45, 2.75) is 51.7 Å². The number of carbonyl (C=O) groups is 4. The highest BCUT2D eigenvalue weighted by atomic mass is 19.1. The second-order valence-electron chi connectivity index (χ2n) is 10.5. The van der Waals surface area contributed by atoms with Crippen molar-refractivity contribution in [3.8, 4) is 0 Å². The van der Waals surface area contributed by atoms with Gasteiger partial charge in [-0.1, -0.05) is 38.0 Å². The molecule has 1 fully saturated rings. The first-order valence-electron chi connectivity index (χ1n) is 14.6. The molecule has 2 aliphatic heterocycles. The Morgan fingerprint density at radius 1 is 1.07 bits per heavy atom. The Balaban J connectivity index is 1.63. The van der Waals surface area contributed by atoms with Crippen LogP contribution in [0.1, 0.15) is 60.2 Å². The summed E-state index contributed by atoms with van der Waals surface area (Å²) in [4.78, 5) is 56.0. The predicted molar refractivity (Wildman–Crippen MR) is 159 cm³/mol. The van der Waals surface area contributed by atoms with Crippen LogP contribution in [0.25, 0.3) is 0 Å². The Morgan fingerprint density at radius 2 is 1.74 bits per heavy atom. The number of hydrogen-bond donors (Lipinski definition) is 0. The van der Waals surface area contributed by atoms with Crippen molar-refractivity contribution in [3.63, 3.8) is 0 Å². The number of nitrogens with zero attached hydrogens (tertiary/aromatic N) is 3. The highest BCUT2D eigenvalue weighted by molar-refractivity contribution is 6.21. The van der Waals surface area contributed by atoms with Gasteiger partial charge in [-0.2, -0.15) is 0 Å². The summed E-state index contributed by atoms with van der Waals surface area (Å²) in [5, 5.41) is 0. The van der Waals surface area contributed by atoms with Crippen LogP contribution in [0, 0.1) is 5.82 Å². The van der Waals surface area contributed by atoms with Gasteiger partial charge in [-0.25, -0.2) is 9.18 Å². The molecule has 2 atom stereocenters. The molecule has 230 valence electrons. The molecule has 2 aromatic rings. The molecule has 0 radical (unpaired) electrons. The van der Waals surface area contributed by atoms with E-state index in [0.29, 0.717) is 44.8 Å². The Morgan fingerprint density at radius 3 is 2.33 bits per heavy atom. The summed E-state index contributed by atoms with van der Waals surface area (Å²) in [7, 11) is 0. The van der Waals surface area contributed by atoms with Crippen molar-refractivity contribution in [1.82, 2.24) is 4.90 Å². The van der Waals surface area contributed by atoms with Crippen molar-refractivity contribution in [1.29, 1.82) is 0 Å². The number of fused-ring (bicyclic) bond motifs is 1. The molecule has 3 amide bonds. The van der Waals surface area contributed by atoms with E-state index in [2.05, 4.69) is 6.58 Å². The molecule has 4 rings (SSSR count). The first-order chi connectivity index (χ1) is 20.7. The Hall–Kier alpha value is -4.25. The molecule has 2 heterocycles. The SMILES string of the molecule is C=CCC(CCCC)OC(=O)N(C[C@@H](CN1C(=O)c2ccccc2C1=O)OC(C)=O)c1ccc(N2CCOCC2)c(F)c1. The van der Waals surface area contributed by atoms with Crippen molar-refractivity contribution in [2.24, 2.45) is 0 Å². The highest BCUT2D eigenvalue weighted by Crippen LogP contribution is 2.28. The summed E-state index contributed by atoms with van der Waals surface area (Å²) in [5.74, 6) is -2.27.